The summed E-state index contributed by atoms with van der Waals surface area (Å²) in [5.41, 5.74) is 1.31. The molecule has 0 N–H and O–H groups in total. The molecule has 0 aliphatic carbocycles. The van der Waals surface area contributed by atoms with Crippen molar-refractivity contribution in [3.05, 3.63) is 35.2 Å². The third kappa shape index (κ3) is 2.69. The number of sulfonamides is 1. The van der Waals surface area contributed by atoms with Crippen LogP contribution in [0.15, 0.2) is 27.6 Å². The molecule has 0 unspecified atom stereocenters. The summed E-state index contributed by atoms with van der Waals surface area (Å²) in [5.74, 6) is 1.70. The van der Waals surface area contributed by atoms with E-state index in [0.29, 0.717) is 42.7 Å². The number of rotatable bonds is 3. The van der Waals surface area contributed by atoms with Crippen LogP contribution in [0.5, 0.6) is 11.5 Å². The first-order valence-electron chi connectivity index (χ1n) is 8.33. The monoisotopic (exact) mass is 364 g/mol. The summed E-state index contributed by atoms with van der Waals surface area (Å²) in [4.78, 5) is 0.178. The van der Waals surface area contributed by atoms with E-state index < -0.39 is 10.0 Å². The van der Waals surface area contributed by atoms with Crippen molar-refractivity contribution in [3.63, 3.8) is 0 Å². The Morgan fingerprint density at radius 3 is 2.64 bits per heavy atom. The van der Waals surface area contributed by atoms with E-state index in [4.69, 9.17) is 14.0 Å². The molecule has 2 aliphatic heterocycles. The number of benzene rings is 1. The minimum absolute atomic E-state index is 0.178. The van der Waals surface area contributed by atoms with Gasteiger partial charge in [-0.2, -0.15) is 4.31 Å². The lowest BCUT2D eigenvalue weighted by Gasteiger charge is -2.26. The maximum absolute atomic E-state index is 13.2. The molecule has 3 heterocycles. The van der Waals surface area contributed by atoms with Gasteiger partial charge in [-0.1, -0.05) is 11.2 Å². The molecule has 1 aromatic heterocycles. The molecule has 2 aromatic rings. The normalized spacial score (nSPS) is 20.8. The lowest BCUT2D eigenvalue weighted by molar-refractivity contribution is 0.171. The second-order valence-corrected chi connectivity index (χ2v) is 8.16. The van der Waals surface area contributed by atoms with Gasteiger partial charge in [-0.15, -0.1) is 0 Å². The highest BCUT2D eigenvalue weighted by Gasteiger charge is 2.39. The SMILES string of the molecule is Cc1noc(C)c1S(=O)(=O)N1CCC[C@H]1c1ccc2c(c1)OCCO2. The molecule has 8 heteroatoms. The third-order valence-corrected chi connectivity index (χ3v) is 6.84. The molecular formula is C17H20N2O5S. The fourth-order valence-corrected chi connectivity index (χ4v) is 5.57. The van der Waals surface area contributed by atoms with Gasteiger partial charge in [-0.3, -0.25) is 0 Å². The van der Waals surface area contributed by atoms with E-state index in [-0.39, 0.29) is 10.9 Å². The lowest BCUT2D eigenvalue weighted by Crippen LogP contribution is -2.31. The van der Waals surface area contributed by atoms with Gasteiger partial charge in [0.1, 0.15) is 23.8 Å². The van der Waals surface area contributed by atoms with E-state index in [1.807, 2.05) is 18.2 Å². The predicted octanol–water partition coefficient (Wildman–Crippen LogP) is 2.59. The van der Waals surface area contributed by atoms with Crippen LogP contribution in [-0.2, 0) is 10.0 Å². The van der Waals surface area contributed by atoms with Crippen molar-refractivity contribution in [2.45, 2.75) is 37.6 Å². The Balaban J connectivity index is 1.71. The molecule has 0 saturated carbocycles. The molecule has 7 nitrogen and oxygen atoms in total. The van der Waals surface area contributed by atoms with Gasteiger partial charge >= 0.3 is 0 Å². The molecule has 0 spiro atoms. The van der Waals surface area contributed by atoms with E-state index in [0.717, 1.165) is 18.4 Å². The van der Waals surface area contributed by atoms with Crippen molar-refractivity contribution in [2.75, 3.05) is 19.8 Å². The first-order valence-corrected chi connectivity index (χ1v) is 9.77. The minimum atomic E-state index is -3.67. The van der Waals surface area contributed by atoms with E-state index in [1.54, 1.807) is 18.2 Å². The Morgan fingerprint density at radius 1 is 1.16 bits per heavy atom. The minimum Gasteiger partial charge on any atom is -0.486 e. The van der Waals surface area contributed by atoms with Gasteiger partial charge in [0.25, 0.3) is 0 Å². The van der Waals surface area contributed by atoms with Gasteiger partial charge in [0.05, 0.1) is 6.04 Å². The molecular weight excluding hydrogens is 344 g/mol. The first kappa shape index (κ1) is 16.4. The van der Waals surface area contributed by atoms with Crippen LogP contribution in [0, 0.1) is 13.8 Å². The summed E-state index contributed by atoms with van der Waals surface area (Å²) in [6.07, 6.45) is 1.57. The molecule has 0 bridgehead atoms. The second-order valence-electron chi connectivity index (χ2n) is 6.33. The maximum atomic E-state index is 13.2. The van der Waals surface area contributed by atoms with Crippen molar-refractivity contribution >= 4 is 10.0 Å². The van der Waals surface area contributed by atoms with Crippen LogP contribution < -0.4 is 9.47 Å². The standard InChI is InChI=1S/C17H20N2O5S/c1-11-17(12(2)24-18-11)25(20,21)19-7-3-4-14(19)13-5-6-15-16(10-13)23-9-8-22-15/h5-6,10,14H,3-4,7-9H2,1-2H3/t14-/m0/s1. The van der Waals surface area contributed by atoms with Crippen molar-refractivity contribution < 1.29 is 22.4 Å². The quantitative estimate of drug-likeness (QED) is 0.833. The van der Waals surface area contributed by atoms with Crippen LogP contribution in [-0.4, -0.2) is 37.6 Å². The number of aromatic nitrogens is 1. The Morgan fingerprint density at radius 2 is 1.92 bits per heavy atom. The van der Waals surface area contributed by atoms with Gasteiger partial charge in [0.15, 0.2) is 17.3 Å². The highest BCUT2D eigenvalue weighted by atomic mass is 32.2. The van der Waals surface area contributed by atoms with Gasteiger partial charge in [-0.05, 0) is 44.4 Å². The average molecular weight is 364 g/mol. The summed E-state index contributed by atoms with van der Waals surface area (Å²) >= 11 is 0. The largest absolute Gasteiger partial charge is 0.486 e. The first-order chi connectivity index (χ1) is 12.0. The van der Waals surface area contributed by atoms with Gasteiger partial charge in [-0.25, -0.2) is 8.42 Å². The van der Waals surface area contributed by atoms with Gasteiger partial charge in [0, 0.05) is 6.54 Å². The Kier molecular flexibility index (Phi) is 3.96. The fourth-order valence-electron chi connectivity index (χ4n) is 3.59. The van der Waals surface area contributed by atoms with Crippen LogP contribution in [0.2, 0.25) is 0 Å². The molecule has 134 valence electrons. The molecule has 25 heavy (non-hydrogen) atoms. The van der Waals surface area contributed by atoms with Crippen LogP contribution in [0.1, 0.15) is 35.9 Å². The van der Waals surface area contributed by atoms with Crippen molar-refractivity contribution in [1.29, 1.82) is 0 Å². The fraction of sp³-hybridized carbons (Fsp3) is 0.471. The smallest absolute Gasteiger partial charge is 0.249 e. The summed E-state index contributed by atoms with van der Waals surface area (Å²) in [6, 6.07) is 5.43. The van der Waals surface area contributed by atoms with Crippen molar-refractivity contribution in [1.82, 2.24) is 9.46 Å². The number of hydrogen-bond acceptors (Lipinski definition) is 6. The zero-order valence-electron chi connectivity index (χ0n) is 14.2. The number of fused-ring (bicyclic) bond motifs is 1. The summed E-state index contributed by atoms with van der Waals surface area (Å²) < 4.78 is 44.2. The Bertz CT molecular complexity index is 886. The van der Waals surface area contributed by atoms with Crippen LogP contribution >= 0.6 is 0 Å². The zero-order valence-corrected chi connectivity index (χ0v) is 15.0. The van der Waals surface area contributed by atoms with Gasteiger partial charge in [0.2, 0.25) is 10.0 Å². The average Bonchev–Trinajstić information content (AvgIpc) is 3.22. The molecule has 1 aromatic carbocycles. The topological polar surface area (TPSA) is 81.9 Å². The summed E-state index contributed by atoms with van der Waals surface area (Å²) in [5, 5.41) is 3.79. The van der Waals surface area contributed by atoms with Gasteiger partial charge < -0.3 is 14.0 Å². The molecule has 0 amide bonds. The third-order valence-electron chi connectivity index (χ3n) is 4.69. The van der Waals surface area contributed by atoms with Crippen LogP contribution in [0.4, 0.5) is 0 Å². The molecule has 1 saturated heterocycles. The molecule has 0 radical (unpaired) electrons. The number of hydrogen-bond donors (Lipinski definition) is 0. The van der Waals surface area contributed by atoms with Crippen molar-refractivity contribution in [3.8, 4) is 11.5 Å². The molecule has 1 fully saturated rings. The van der Waals surface area contributed by atoms with E-state index in [2.05, 4.69) is 5.16 Å². The number of ether oxygens (including phenoxy) is 2. The highest BCUT2D eigenvalue weighted by Crippen LogP contribution is 2.41. The Hall–Kier alpha value is -2.06. The van der Waals surface area contributed by atoms with E-state index in [9.17, 15) is 8.42 Å². The lowest BCUT2D eigenvalue weighted by atomic mass is 10.0. The maximum Gasteiger partial charge on any atom is 0.249 e. The van der Waals surface area contributed by atoms with E-state index in [1.165, 1.54) is 0 Å². The zero-order chi connectivity index (χ0) is 17.6. The van der Waals surface area contributed by atoms with Crippen molar-refractivity contribution in [2.24, 2.45) is 0 Å². The second kappa shape index (κ2) is 6.03. The molecule has 4 rings (SSSR count). The van der Waals surface area contributed by atoms with E-state index >= 15 is 0 Å². The van der Waals surface area contributed by atoms with Crippen LogP contribution in [0.3, 0.4) is 0 Å². The summed E-state index contributed by atoms with van der Waals surface area (Å²) in [6.45, 7) is 4.79. The highest BCUT2D eigenvalue weighted by molar-refractivity contribution is 7.89. The summed E-state index contributed by atoms with van der Waals surface area (Å²) in [7, 11) is -3.67. The predicted molar refractivity (Wildman–Crippen MR) is 89.3 cm³/mol. The molecule has 2 aliphatic rings. The Labute approximate surface area is 146 Å². The number of aryl methyl sites for hydroxylation is 2. The number of nitrogens with zero attached hydrogens (tertiary/aromatic N) is 2. The molecule has 1 atom stereocenters. The van der Waals surface area contributed by atoms with Crippen LogP contribution in [0.25, 0.3) is 0 Å².